The summed E-state index contributed by atoms with van der Waals surface area (Å²) in [6.45, 7) is 5.04. The van der Waals surface area contributed by atoms with Gasteiger partial charge in [0.05, 0.1) is 12.2 Å². The monoisotopic (exact) mass is 372 g/mol. The van der Waals surface area contributed by atoms with Gasteiger partial charge in [0, 0.05) is 11.5 Å². The first-order valence-electron chi connectivity index (χ1n) is 10.8. The summed E-state index contributed by atoms with van der Waals surface area (Å²) in [6.07, 6.45) is 10.6. The fourth-order valence-electron chi connectivity index (χ4n) is 7.68. The van der Waals surface area contributed by atoms with Crippen molar-refractivity contribution in [3.8, 4) is 0 Å². The summed E-state index contributed by atoms with van der Waals surface area (Å²) in [4.78, 5) is 11.6. The van der Waals surface area contributed by atoms with Crippen LogP contribution >= 0.6 is 0 Å². The average molecular weight is 373 g/mol. The van der Waals surface area contributed by atoms with Crippen molar-refractivity contribution in [2.75, 3.05) is 6.61 Å². The Balaban J connectivity index is 1.48. The topological polar surface area (TPSA) is 66.8 Å². The maximum atomic E-state index is 11.6. The molecule has 0 unspecified atom stereocenters. The lowest BCUT2D eigenvalue weighted by Gasteiger charge is -2.60. The van der Waals surface area contributed by atoms with E-state index < -0.39 is 0 Å². The van der Waals surface area contributed by atoms with Gasteiger partial charge in [0.1, 0.15) is 6.61 Å². The molecule has 0 aromatic rings. The molecule has 4 heteroatoms. The van der Waals surface area contributed by atoms with E-state index in [2.05, 4.69) is 19.9 Å². The molecule has 0 amide bonds. The van der Waals surface area contributed by atoms with Crippen molar-refractivity contribution < 1.29 is 19.7 Å². The summed E-state index contributed by atoms with van der Waals surface area (Å²) in [5.74, 6) is 1.58. The molecule has 0 spiro atoms. The van der Waals surface area contributed by atoms with Gasteiger partial charge in [-0.2, -0.15) is 0 Å². The van der Waals surface area contributed by atoms with Crippen molar-refractivity contribution in [1.82, 2.24) is 0 Å². The lowest BCUT2D eigenvalue weighted by Crippen LogP contribution is -2.56. The standard InChI is InChI=1S/C23H32O4/c1-22-8-7-15(24)10-14(22)3-4-16-18-6-5-17(13-9-21(26)27-12-13)23(18,2)20(25)11-19(16)22/h6,9,14-17,19-20,24-25H,3-5,7-8,10-12H2,1-2H3/t14-,15+,16-,17-,19+,20-,22+,23-/m1/s1. The Morgan fingerprint density at radius 2 is 1.96 bits per heavy atom. The minimum atomic E-state index is -0.378. The van der Waals surface area contributed by atoms with E-state index in [9.17, 15) is 15.0 Å². The number of cyclic esters (lactones) is 1. The second-order valence-electron chi connectivity index (χ2n) is 10.2. The molecule has 2 N–H and O–H groups in total. The van der Waals surface area contributed by atoms with Crippen LogP contribution in [0.15, 0.2) is 23.3 Å². The van der Waals surface area contributed by atoms with E-state index in [4.69, 9.17) is 4.74 Å². The molecule has 0 aromatic heterocycles. The maximum Gasteiger partial charge on any atom is 0.331 e. The van der Waals surface area contributed by atoms with Gasteiger partial charge < -0.3 is 14.9 Å². The molecule has 8 atom stereocenters. The van der Waals surface area contributed by atoms with Crippen LogP contribution in [0.5, 0.6) is 0 Å². The Bertz CT molecular complexity index is 724. The van der Waals surface area contributed by atoms with E-state index in [1.165, 1.54) is 18.4 Å². The molecule has 0 bridgehead atoms. The van der Waals surface area contributed by atoms with Crippen LogP contribution in [-0.4, -0.2) is 35.0 Å². The number of hydrogen-bond donors (Lipinski definition) is 2. The summed E-state index contributed by atoms with van der Waals surface area (Å²) in [7, 11) is 0. The van der Waals surface area contributed by atoms with Gasteiger partial charge in [0.2, 0.25) is 0 Å². The van der Waals surface area contributed by atoms with Crippen LogP contribution in [0.4, 0.5) is 0 Å². The van der Waals surface area contributed by atoms with Crippen molar-refractivity contribution in [1.29, 1.82) is 0 Å². The summed E-state index contributed by atoms with van der Waals surface area (Å²) in [5.41, 5.74) is 2.47. The number of rotatable bonds is 1. The van der Waals surface area contributed by atoms with Gasteiger partial charge in [0.25, 0.3) is 0 Å². The lowest BCUT2D eigenvalue weighted by atomic mass is 9.45. The number of allylic oxidation sites excluding steroid dienone is 1. The first-order valence-corrected chi connectivity index (χ1v) is 10.8. The highest BCUT2D eigenvalue weighted by Gasteiger charge is 2.61. The van der Waals surface area contributed by atoms with E-state index in [1.807, 2.05) is 0 Å². The fraction of sp³-hybridized carbons (Fsp3) is 0.783. The van der Waals surface area contributed by atoms with E-state index in [0.717, 1.165) is 37.7 Å². The summed E-state index contributed by atoms with van der Waals surface area (Å²) < 4.78 is 5.18. The van der Waals surface area contributed by atoms with Gasteiger partial charge in [-0.15, -0.1) is 0 Å². The zero-order chi connectivity index (χ0) is 19.0. The Labute approximate surface area is 161 Å². The van der Waals surface area contributed by atoms with Crippen molar-refractivity contribution in [3.05, 3.63) is 23.3 Å². The van der Waals surface area contributed by atoms with Gasteiger partial charge in [-0.05, 0) is 79.6 Å². The highest BCUT2D eigenvalue weighted by molar-refractivity contribution is 5.85. The molecule has 0 radical (unpaired) electrons. The number of carbonyl (C=O) groups excluding carboxylic acids is 1. The molecule has 4 aliphatic carbocycles. The van der Waals surface area contributed by atoms with Crippen molar-refractivity contribution in [2.45, 2.75) is 71.0 Å². The van der Waals surface area contributed by atoms with Gasteiger partial charge >= 0.3 is 5.97 Å². The van der Waals surface area contributed by atoms with E-state index >= 15 is 0 Å². The number of ether oxygens (including phenoxy) is 1. The zero-order valence-electron chi connectivity index (χ0n) is 16.5. The highest BCUT2D eigenvalue weighted by atomic mass is 16.5. The number of hydrogen-bond acceptors (Lipinski definition) is 4. The quantitative estimate of drug-likeness (QED) is 0.547. The molecule has 0 aromatic carbocycles. The Morgan fingerprint density at radius 3 is 2.70 bits per heavy atom. The zero-order valence-corrected chi connectivity index (χ0v) is 16.5. The van der Waals surface area contributed by atoms with Gasteiger partial charge in [-0.3, -0.25) is 0 Å². The Morgan fingerprint density at radius 1 is 1.15 bits per heavy atom. The number of aliphatic hydroxyl groups excluding tert-OH is 2. The third-order valence-electron chi connectivity index (χ3n) is 9.28. The molecular formula is C23H32O4. The van der Waals surface area contributed by atoms with Crippen molar-refractivity contribution >= 4 is 5.97 Å². The minimum Gasteiger partial charge on any atom is -0.458 e. The van der Waals surface area contributed by atoms with Crippen molar-refractivity contribution in [3.63, 3.8) is 0 Å². The van der Waals surface area contributed by atoms with Crippen LogP contribution in [0.3, 0.4) is 0 Å². The summed E-state index contributed by atoms with van der Waals surface area (Å²) in [5, 5.41) is 21.6. The van der Waals surface area contributed by atoms with Crippen LogP contribution in [0.1, 0.15) is 58.8 Å². The predicted molar refractivity (Wildman–Crippen MR) is 102 cm³/mol. The smallest absolute Gasteiger partial charge is 0.331 e. The summed E-state index contributed by atoms with van der Waals surface area (Å²) in [6, 6.07) is 0. The molecule has 3 fully saturated rings. The second kappa shape index (κ2) is 5.93. The minimum absolute atomic E-state index is 0.139. The third kappa shape index (κ3) is 2.38. The predicted octanol–water partition coefficient (Wildman–Crippen LogP) is 3.38. The molecule has 5 aliphatic rings. The third-order valence-corrected chi connectivity index (χ3v) is 9.28. The van der Waals surface area contributed by atoms with E-state index in [-0.39, 0.29) is 34.9 Å². The van der Waals surface area contributed by atoms with Gasteiger partial charge in [-0.25, -0.2) is 4.79 Å². The molecule has 4 nitrogen and oxygen atoms in total. The van der Waals surface area contributed by atoms with E-state index in [0.29, 0.717) is 24.4 Å². The Hall–Kier alpha value is -1.13. The lowest BCUT2D eigenvalue weighted by molar-refractivity contribution is -0.135. The number of aliphatic hydroxyl groups is 2. The molecule has 3 saturated carbocycles. The molecule has 0 saturated heterocycles. The van der Waals surface area contributed by atoms with Crippen LogP contribution in [-0.2, 0) is 9.53 Å². The normalized spacial score (nSPS) is 51.6. The Kier molecular flexibility index (Phi) is 3.94. The molecular weight excluding hydrogens is 340 g/mol. The average Bonchev–Trinajstić information content (AvgIpc) is 3.20. The number of fused-ring (bicyclic) bond motifs is 5. The largest absolute Gasteiger partial charge is 0.458 e. The molecule has 5 rings (SSSR count). The fourth-order valence-corrected chi connectivity index (χ4v) is 7.68. The van der Waals surface area contributed by atoms with E-state index in [1.54, 1.807) is 6.08 Å². The number of carbonyl (C=O) groups is 1. The van der Waals surface area contributed by atoms with Crippen LogP contribution in [0, 0.1) is 34.5 Å². The maximum absolute atomic E-state index is 11.6. The first kappa shape index (κ1) is 17.9. The van der Waals surface area contributed by atoms with Crippen molar-refractivity contribution in [2.24, 2.45) is 34.5 Å². The molecule has 27 heavy (non-hydrogen) atoms. The highest BCUT2D eigenvalue weighted by Crippen LogP contribution is 2.66. The van der Waals surface area contributed by atoms with Crippen LogP contribution < -0.4 is 0 Å². The first-order chi connectivity index (χ1) is 12.8. The molecule has 1 aliphatic heterocycles. The number of esters is 1. The van der Waals surface area contributed by atoms with Crippen LogP contribution in [0.2, 0.25) is 0 Å². The SMILES string of the molecule is C[C@]12CC[C@H](O)C[C@H]1CC[C@@H]1C3=CC[C@H](C4=CC(=O)OC4)[C@@]3(C)[C@H](O)C[C@@H]12. The van der Waals surface area contributed by atoms with Gasteiger partial charge in [0.15, 0.2) is 0 Å². The molecule has 1 heterocycles. The molecule has 148 valence electrons. The van der Waals surface area contributed by atoms with Crippen LogP contribution in [0.25, 0.3) is 0 Å². The second-order valence-corrected chi connectivity index (χ2v) is 10.2. The summed E-state index contributed by atoms with van der Waals surface area (Å²) >= 11 is 0. The van der Waals surface area contributed by atoms with Gasteiger partial charge in [-0.1, -0.05) is 25.5 Å².